The summed E-state index contributed by atoms with van der Waals surface area (Å²) in [7, 11) is 1.55. The van der Waals surface area contributed by atoms with Crippen molar-refractivity contribution in [2.24, 2.45) is 0 Å². The third-order valence-corrected chi connectivity index (χ3v) is 1.98. The monoisotopic (exact) mass is 217 g/mol. The third-order valence-electron chi connectivity index (χ3n) is 1.31. The largest absolute Gasteiger partial charge is 0.382 e. The number of methoxy groups -OCH3 is 1. The normalized spacial score (nSPS) is 10.1. The Morgan fingerprint density at radius 3 is 3.07 bits per heavy atom. The fourth-order valence-corrected chi connectivity index (χ4v) is 1.23. The van der Waals surface area contributed by atoms with Crippen LogP contribution in [0.5, 0.6) is 0 Å². The summed E-state index contributed by atoms with van der Waals surface area (Å²) in [4.78, 5) is 19.8. The Kier molecular flexibility index (Phi) is 4.30. The van der Waals surface area contributed by atoms with Gasteiger partial charge in [0, 0.05) is 12.5 Å². The average molecular weight is 217 g/mol. The highest BCUT2D eigenvalue weighted by Gasteiger charge is 2.08. The van der Waals surface area contributed by atoms with Gasteiger partial charge in [-0.25, -0.2) is 10.5 Å². The molecule has 0 atom stereocenters. The van der Waals surface area contributed by atoms with Crippen LogP contribution in [-0.4, -0.2) is 31.2 Å². The van der Waals surface area contributed by atoms with E-state index in [1.54, 1.807) is 12.5 Å². The van der Waals surface area contributed by atoms with Crippen molar-refractivity contribution in [3.8, 4) is 0 Å². The van der Waals surface area contributed by atoms with E-state index in [1.165, 1.54) is 11.3 Å². The number of anilines is 1. The third kappa shape index (κ3) is 3.29. The molecule has 1 amide bonds. The number of hydrogen-bond acceptors (Lipinski definition) is 6. The first kappa shape index (κ1) is 10.9. The molecule has 0 aliphatic carbocycles. The lowest BCUT2D eigenvalue weighted by atomic mass is 10.5. The van der Waals surface area contributed by atoms with Crippen LogP contribution >= 0.6 is 11.3 Å². The minimum absolute atomic E-state index is 0.255. The van der Waals surface area contributed by atoms with Gasteiger partial charge in [-0.15, -0.1) is 11.3 Å². The zero-order valence-corrected chi connectivity index (χ0v) is 8.47. The van der Waals surface area contributed by atoms with Gasteiger partial charge < -0.3 is 10.5 Å². The van der Waals surface area contributed by atoms with Crippen molar-refractivity contribution < 1.29 is 14.4 Å². The maximum absolute atomic E-state index is 11.2. The quantitative estimate of drug-likeness (QED) is 0.537. The van der Waals surface area contributed by atoms with E-state index in [1.807, 2.05) is 0 Å². The van der Waals surface area contributed by atoms with Gasteiger partial charge in [-0.2, -0.15) is 0 Å². The summed E-state index contributed by atoms with van der Waals surface area (Å²) < 4.78 is 4.72. The number of ether oxygens (including phenoxy) is 1. The predicted molar refractivity (Wildman–Crippen MR) is 51.8 cm³/mol. The molecule has 78 valence electrons. The van der Waals surface area contributed by atoms with Gasteiger partial charge >= 0.3 is 0 Å². The van der Waals surface area contributed by atoms with E-state index >= 15 is 0 Å². The van der Waals surface area contributed by atoms with Crippen molar-refractivity contribution in [1.29, 1.82) is 0 Å². The molecule has 0 aliphatic rings. The molecule has 14 heavy (non-hydrogen) atoms. The van der Waals surface area contributed by atoms with Crippen LogP contribution in [0, 0.1) is 0 Å². The summed E-state index contributed by atoms with van der Waals surface area (Å²) in [6, 6.07) is 0. The van der Waals surface area contributed by atoms with E-state index in [4.69, 9.17) is 15.3 Å². The molecule has 0 saturated heterocycles. The summed E-state index contributed by atoms with van der Waals surface area (Å²) in [5, 5.41) is 1.91. The molecule has 0 saturated carbocycles. The molecule has 3 N–H and O–H groups in total. The highest BCUT2D eigenvalue weighted by atomic mass is 32.1. The zero-order valence-electron chi connectivity index (χ0n) is 7.65. The van der Waals surface area contributed by atoms with Gasteiger partial charge in [0.25, 0.3) is 5.91 Å². The van der Waals surface area contributed by atoms with Gasteiger partial charge in [0.1, 0.15) is 5.69 Å². The van der Waals surface area contributed by atoms with Gasteiger partial charge in [0.15, 0.2) is 5.13 Å². The van der Waals surface area contributed by atoms with Crippen molar-refractivity contribution in [3.63, 3.8) is 0 Å². The Bertz CT molecular complexity index is 302. The van der Waals surface area contributed by atoms with E-state index in [9.17, 15) is 4.79 Å². The van der Waals surface area contributed by atoms with E-state index in [2.05, 4.69) is 10.5 Å². The topological polar surface area (TPSA) is 86.5 Å². The molecule has 1 aromatic rings. The molecule has 0 unspecified atom stereocenters. The second-order valence-electron chi connectivity index (χ2n) is 2.34. The highest BCUT2D eigenvalue weighted by molar-refractivity contribution is 7.13. The summed E-state index contributed by atoms with van der Waals surface area (Å²) in [5.74, 6) is -0.408. The fraction of sp³-hybridized carbons (Fsp3) is 0.429. The standard InChI is InChI=1S/C7H11N3O3S/c1-12-2-3-13-10-6(11)5-4-14-7(8)9-5/h4H,2-3H2,1H3,(H2,8,9)(H,10,11). The van der Waals surface area contributed by atoms with Gasteiger partial charge in [-0.05, 0) is 0 Å². The first-order chi connectivity index (χ1) is 6.74. The molecule has 0 fully saturated rings. The van der Waals surface area contributed by atoms with Crippen molar-refractivity contribution in [2.75, 3.05) is 26.1 Å². The SMILES string of the molecule is COCCONC(=O)c1csc(N)n1. The lowest BCUT2D eigenvalue weighted by Crippen LogP contribution is -2.25. The number of carbonyl (C=O) groups is 1. The average Bonchev–Trinajstić information content (AvgIpc) is 2.59. The molecule has 7 heteroatoms. The van der Waals surface area contributed by atoms with E-state index in [-0.39, 0.29) is 5.69 Å². The molecule has 1 rings (SSSR count). The summed E-state index contributed by atoms with van der Waals surface area (Å²) >= 11 is 1.20. The lowest BCUT2D eigenvalue weighted by Gasteiger charge is -2.02. The van der Waals surface area contributed by atoms with E-state index in [0.29, 0.717) is 18.3 Å². The maximum Gasteiger partial charge on any atom is 0.294 e. The Morgan fingerprint density at radius 1 is 1.71 bits per heavy atom. The number of hydrogen-bond donors (Lipinski definition) is 2. The number of nitrogens with zero attached hydrogens (tertiary/aromatic N) is 1. The Labute approximate surface area is 85.0 Å². The number of nitrogens with one attached hydrogen (secondary N) is 1. The molecule has 0 bridgehead atoms. The van der Waals surface area contributed by atoms with Crippen molar-refractivity contribution in [2.45, 2.75) is 0 Å². The van der Waals surface area contributed by atoms with Gasteiger partial charge in [-0.3, -0.25) is 9.63 Å². The molecular weight excluding hydrogens is 206 g/mol. The first-order valence-electron chi connectivity index (χ1n) is 3.86. The second-order valence-corrected chi connectivity index (χ2v) is 3.23. The fourth-order valence-electron chi connectivity index (χ4n) is 0.686. The zero-order chi connectivity index (χ0) is 10.4. The minimum Gasteiger partial charge on any atom is -0.382 e. The summed E-state index contributed by atoms with van der Waals surface area (Å²) in [6.45, 7) is 0.710. The molecule has 0 radical (unpaired) electrons. The Morgan fingerprint density at radius 2 is 2.50 bits per heavy atom. The van der Waals surface area contributed by atoms with Crippen LogP contribution < -0.4 is 11.2 Å². The Hall–Kier alpha value is -1.18. The van der Waals surface area contributed by atoms with Crippen LogP contribution in [0.1, 0.15) is 10.5 Å². The number of hydroxylamine groups is 1. The van der Waals surface area contributed by atoms with Crippen molar-refractivity contribution in [3.05, 3.63) is 11.1 Å². The molecule has 0 aliphatic heterocycles. The Balaban J connectivity index is 2.29. The van der Waals surface area contributed by atoms with Gasteiger partial charge in [0.2, 0.25) is 0 Å². The molecular formula is C7H11N3O3S. The first-order valence-corrected chi connectivity index (χ1v) is 4.74. The van der Waals surface area contributed by atoms with Crippen molar-refractivity contribution >= 4 is 22.4 Å². The molecule has 0 aromatic carbocycles. The number of nitrogens with two attached hydrogens (primary N) is 1. The summed E-state index contributed by atoms with van der Waals surface area (Å²) in [6.07, 6.45) is 0. The van der Waals surface area contributed by atoms with Crippen LogP contribution in [0.3, 0.4) is 0 Å². The van der Waals surface area contributed by atoms with Crippen LogP contribution in [0.15, 0.2) is 5.38 Å². The van der Waals surface area contributed by atoms with Crippen LogP contribution in [0.2, 0.25) is 0 Å². The number of aromatic nitrogens is 1. The smallest absolute Gasteiger partial charge is 0.294 e. The van der Waals surface area contributed by atoms with Crippen LogP contribution in [0.4, 0.5) is 5.13 Å². The molecule has 6 nitrogen and oxygen atoms in total. The highest BCUT2D eigenvalue weighted by Crippen LogP contribution is 2.10. The maximum atomic E-state index is 11.2. The molecule has 1 heterocycles. The van der Waals surface area contributed by atoms with Crippen LogP contribution in [-0.2, 0) is 9.57 Å². The van der Waals surface area contributed by atoms with Gasteiger partial charge in [0.05, 0.1) is 13.2 Å². The number of thiazole rings is 1. The molecule has 0 spiro atoms. The van der Waals surface area contributed by atoms with Crippen molar-refractivity contribution in [1.82, 2.24) is 10.5 Å². The summed E-state index contributed by atoms with van der Waals surface area (Å²) in [5.41, 5.74) is 7.83. The minimum atomic E-state index is -0.408. The van der Waals surface area contributed by atoms with Crippen LogP contribution in [0.25, 0.3) is 0 Å². The number of nitrogen functional groups attached to an aromatic ring is 1. The number of carbonyl (C=O) groups excluding carboxylic acids is 1. The number of rotatable bonds is 5. The van der Waals surface area contributed by atoms with E-state index in [0.717, 1.165) is 0 Å². The second kappa shape index (κ2) is 5.53. The lowest BCUT2D eigenvalue weighted by molar-refractivity contribution is 0.00863. The molecule has 1 aromatic heterocycles. The van der Waals surface area contributed by atoms with Gasteiger partial charge in [-0.1, -0.05) is 0 Å². The van der Waals surface area contributed by atoms with E-state index < -0.39 is 5.91 Å². The predicted octanol–water partition coefficient (Wildman–Crippen LogP) is 0.0331. The number of amides is 1.